The van der Waals surface area contributed by atoms with Crippen LogP contribution in [0.25, 0.3) is 6.08 Å². The van der Waals surface area contributed by atoms with Crippen LogP contribution in [0.3, 0.4) is 0 Å². The summed E-state index contributed by atoms with van der Waals surface area (Å²) in [6, 6.07) is 14.4. The fourth-order valence-electron chi connectivity index (χ4n) is 2.05. The smallest absolute Gasteiger partial charge is 0.268 e. The number of thioether (sulfide) groups is 1. The van der Waals surface area contributed by atoms with E-state index in [1.807, 2.05) is 12.1 Å². The van der Waals surface area contributed by atoms with Gasteiger partial charge in [0.1, 0.15) is 0 Å². The Bertz CT molecular complexity index is 804. The van der Waals surface area contributed by atoms with Gasteiger partial charge in [0.05, 0.1) is 10.6 Å². The molecule has 0 saturated carbocycles. The first kappa shape index (κ1) is 15.6. The number of hydrogen-bond acceptors (Lipinski definition) is 3. The molecule has 1 saturated heterocycles. The molecule has 0 atom stereocenters. The summed E-state index contributed by atoms with van der Waals surface area (Å²) in [7, 11) is 0. The summed E-state index contributed by atoms with van der Waals surface area (Å²) >= 11 is 18.5. The first-order chi connectivity index (χ1) is 10.5. The molecule has 110 valence electrons. The molecule has 1 amide bonds. The van der Waals surface area contributed by atoms with E-state index in [1.54, 1.807) is 42.5 Å². The van der Waals surface area contributed by atoms with Crippen LogP contribution >= 0.6 is 47.2 Å². The lowest BCUT2D eigenvalue weighted by Gasteiger charge is -2.14. The summed E-state index contributed by atoms with van der Waals surface area (Å²) in [6.07, 6.45) is 1.79. The predicted octanol–water partition coefficient (Wildman–Crippen LogP) is 5.40. The topological polar surface area (TPSA) is 20.3 Å². The van der Waals surface area contributed by atoms with Gasteiger partial charge in [-0.15, -0.1) is 0 Å². The van der Waals surface area contributed by atoms with Crippen LogP contribution in [-0.4, -0.2) is 10.2 Å². The van der Waals surface area contributed by atoms with Gasteiger partial charge in [0.25, 0.3) is 5.91 Å². The monoisotopic (exact) mass is 365 g/mol. The van der Waals surface area contributed by atoms with E-state index in [9.17, 15) is 4.79 Å². The third-order valence-corrected chi connectivity index (χ3v) is 4.78. The maximum Gasteiger partial charge on any atom is 0.270 e. The zero-order chi connectivity index (χ0) is 15.7. The van der Waals surface area contributed by atoms with Gasteiger partial charge in [-0.2, -0.15) is 0 Å². The second kappa shape index (κ2) is 6.42. The Labute approximate surface area is 147 Å². The third-order valence-electron chi connectivity index (χ3n) is 3.01. The molecule has 0 aliphatic carbocycles. The molecule has 2 nitrogen and oxygen atoms in total. The maximum atomic E-state index is 12.6. The number of carbonyl (C=O) groups is 1. The normalized spacial score (nSPS) is 16.6. The van der Waals surface area contributed by atoms with Crippen LogP contribution in [0.15, 0.2) is 53.4 Å². The summed E-state index contributed by atoms with van der Waals surface area (Å²) in [5, 5.41) is 1.18. The fourth-order valence-corrected chi connectivity index (χ4v) is 3.74. The Kier molecular flexibility index (Phi) is 4.54. The number of carbonyl (C=O) groups excluding carboxylic acids is 1. The molecule has 2 aromatic carbocycles. The second-order valence-corrected chi connectivity index (χ2v) is 7.10. The lowest BCUT2D eigenvalue weighted by atomic mass is 10.2. The molecular weight excluding hydrogens is 357 g/mol. The molecule has 0 spiro atoms. The van der Waals surface area contributed by atoms with Crippen LogP contribution in [0.2, 0.25) is 10.0 Å². The van der Waals surface area contributed by atoms with Crippen LogP contribution in [-0.2, 0) is 4.79 Å². The Morgan fingerprint density at radius 1 is 1.05 bits per heavy atom. The molecule has 1 aliphatic rings. The average molecular weight is 366 g/mol. The van der Waals surface area contributed by atoms with E-state index in [1.165, 1.54) is 16.7 Å². The molecule has 1 aliphatic heterocycles. The van der Waals surface area contributed by atoms with Crippen LogP contribution in [0.1, 0.15) is 5.56 Å². The number of amides is 1. The van der Waals surface area contributed by atoms with Gasteiger partial charge in [-0.3, -0.25) is 9.69 Å². The minimum atomic E-state index is -0.155. The maximum absolute atomic E-state index is 12.6. The largest absolute Gasteiger partial charge is 0.270 e. The number of benzene rings is 2. The molecule has 3 rings (SSSR count). The van der Waals surface area contributed by atoms with Crippen molar-refractivity contribution in [2.24, 2.45) is 0 Å². The molecule has 6 heteroatoms. The standard InChI is InChI=1S/C16H9Cl2NOS2/c17-11-4-1-3-10(7-11)8-14-15(20)19(16(21)22-14)13-6-2-5-12(18)9-13/h1-9H/b14-8+. The zero-order valence-corrected chi connectivity index (χ0v) is 14.3. The van der Waals surface area contributed by atoms with Gasteiger partial charge >= 0.3 is 0 Å². The molecular formula is C16H9Cl2NOS2. The molecule has 0 bridgehead atoms. The van der Waals surface area contributed by atoms with Crippen LogP contribution in [0.4, 0.5) is 5.69 Å². The Morgan fingerprint density at radius 2 is 1.73 bits per heavy atom. The molecule has 0 radical (unpaired) electrons. The molecule has 22 heavy (non-hydrogen) atoms. The van der Waals surface area contributed by atoms with E-state index >= 15 is 0 Å². The van der Waals surface area contributed by atoms with E-state index in [4.69, 9.17) is 35.4 Å². The van der Waals surface area contributed by atoms with Crippen molar-refractivity contribution in [1.29, 1.82) is 0 Å². The van der Waals surface area contributed by atoms with Gasteiger partial charge in [-0.25, -0.2) is 0 Å². The number of anilines is 1. The van der Waals surface area contributed by atoms with Gasteiger partial charge in [0.2, 0.25) is 0 Å². The number of hydrogen-bond donors (Lipinski definition) is 0. The number of thiocarbonyl (C=S) groups is 1. The highest BCUT2D eigenvalue weighted by Crippen LogP contribution is 2.36. The van der Waals surface area contributed by atoms with Crippen molar-refractivity contribution >= 4 is 69.2 Å². The average Bonchev–Trinajstić information content (AvgIpc) is 2.73. The van der Waals surface area contributed by atoms with Gasteiger partial charge in [-0.1, -0.05) is 65.4 Å². The highest BCUT2D eigenvalue weighted by molar-refractivity contribution is 8.27. The van der Waals surface area contributed by atoms with Crippen molar-refractivity contribution < 1.29 is 4.79 Å². The first-order valence-electron chi connectivity index (χ1n) is 6.34. The Morgan fingerprint density at radius 3 is 2.41 bits per heavy atom. The van der Waals surface area contributed by atoms with Crippen molar-refractivity contribution in [3.05, 3.63) is 69.0 Å². The van der Waals surface area contributed by atoms with Crippen molar-refractivity contribution in [3.8, 4) is 0 Å². The molecule has 0 unspecified atom stereocenters. The minimum Gasteiger partial charge on any atom is -0.268 e. The van der Waals surface area contributed by atoms with E-state index in [2.05, 4.69) is 0 Å². The molecule has 2 aromatic rings. The quantitative estimate of drug-likeness (QED) is 0.524. The number of halogens is 2. The molecule has 0 N–H and O–H groups in total. The van der Waals surface area contributed by atoms with Gasteiger partial charge in [0.15, 0.2) is 4.32 Å². The van der Waals surface area contributed by atoms with Crippen LogP contribution < -0.4 is 4.90 Å². The van der Waals surface area contributed by atoms with Crippen molar-refractivity contribution in [2.75, 3.05) is 4.90 Å². The van der Waals surface area contributed by atoms with Crippen molar-refractivity contribution in [1.82, 2.24) is 0 Å². The Hall–Kier alpha value is -1.33. The fraction of sp³-hybridized carbons (Fsp3) is 0. The van der Waals surface area contributed by atoms with Gasteiger partial charge < -0.3 is 0 Å². The Balaban J connectivity index is 1.95. The second-order valence-electron chi connectivity index (χ2n) is 4.55. The summed E-state index contributed by atoms with van der Waals surface area (Å²) in [6.45, 7) is 0. The zero-order valence-electron chi connectivity index (χ0n) is 11.1. The first-order valence-corrected chi connectivity index (χ1v) is 8.32. The van der Waals surface area contributed by atoms with E-state index in [0.717, 1.165) is 5.56 Å². The third kappa shape index (κ3) is 3.20. The van der Waals surface area contributed by atoms with Crippen molar-refractivity contribution in [2.45, 2.75) is 0 Å². The van der Waals surface area contributed by atoms with Crippen LogP contribution in [0, 0.1) is 0 Å². The van der Waals surface area contributed by atoms with Crippen LogP contribution in [0.5, 0.6) is 0 Å². The SMILES string of the molecule is O=C1/C(=C\c2cccc(Cl)c2)SC(=S)N1c1cccc(Cl)c1. The minimum absolute atomic E-state index is 0.155. The van der Waals surface area contributed by atoms with Crippen molar-refractivity contribution in [3.63, 3.8) is 0 Å². The van der Waals surface area contributed by atoms with E-state index < -0.39 is 0 Å². The lowest BCUT2D eigenvalue weighted by Crippen LogP contribution is -2.27. The highest BCUT2D eigenvalue weighted by atomic mass is 35.5. The number of rotatable bonds is 2. The molecule has 1 fully saturated rings. The van der Waals surface area contributed by atoms with Gasteiger partial charge in [-0.05, 0) is 42.0 Å². The summed E-state index contributed by atoms with van der Waals surface area (Å²) < 4.78 is 0.487. The number of nitrogens with zero attached hydrogens (tertiary/aromatic N) is 1. The van der Waals surface area contributed by atoms with E-state index in [0.29, 0.717) is 25.0 Å². The highest BCUT2D eigenvalue weighted by Gasteiger charge is 2.33. The molecule has 0 aromatic heterocycles. The van der Waals surface area contributed by atoms with E-state index in [-0.39, 0.29) is 5.91 Å². The van der Waals surface area contributed by atoms with Gasteiger partial charge in [0, 0.05) is 10.0 Å². The summed E-state index contributed by atoms with van der Waals surface area (Å²) in [5.74, 6) is -0.155. The molecule has 1 heterocycles. The summed E-state index contributed by atoms with van der Waals surface area (Å²) in [4.78, 5) is 14.6. The predicted molar refractivity (Wildman–Crippen MR) is 98.6 cm³/mol. The summed E-state index contributed by atoms with van der Waals surface area (Å²) in [5.41, 5.74) is 1.53. The lowest BCUT2D eigenvalue weighted by molar-refractivity contribution is -0.113.